The third-order valence-corrected chi connectivity index (χ3v) is 5.77. The first kappa shape index (κ1) is 19.9. The Bertz CT molecular complexity index is 414. The molecule has 2 rings (SSSR count). The highest BCUT2D eigenvalue weighted by Crippen LogP contribution is 2.41. The molecule has 1 N–H and O–H groups in total. The molecule has 24 heavy (non-hydrogen) atoms. The molecule has 0 aromatic heterocycles. The quantitative estimate of drug-likeness (QED) is 0.745. The predicted molar refractivity (Wildman–Crippen MR) is 95.8 cm³/mol. The van der Waals surface area contributed by atoms with E-state index in [2.05, 4.69) is 26.8 Å². The molecule has 6 unspecified atom stereocenters. The highest BCUT2D eigenvalue weighted by molar-refractivity contribution is 5.11. The summed E-state index contributed by atoms with van der Waals surface area (Å²) in [5.41, 5.74) is 1.26. The second-order valence-corrected chi connectivity index (χ2v) is 7.90. The molecule has 0 aromatic carbocycles. The van der Waals surface area contributed by atoms with Gasteiger partial charge in [-0.1, -0.05) is 26.8 Å². The number of aliphatic hydroxyl groups excluding tert-OH is 1. The van der Waals surface area contributed by atoms with Crippen molar-refractivity contribution >= 4 is 0 Å². The minimum atomic E-state index is -0.354. The molecule has 6 atom stereocenters. The van der Waals surface area contributed by atoms with Gasteiger partial charge in [-0.25, -0.2) is 0 Å². The minimum Gasteiger partial charge on any atom is -0.396 e. The molecule has 1 spiro atoms. The van der Waals surface area contributed by atoms with E-state index < -0.39 is 0 Å². The number of hydrogen-bond donors (Lipinski definition) is 1. The Hall–Kier alpha value is -0.420. The maximum Gasteiger partial charge on any atom is 0.169 e. The normalized spacial score (nSPS) is 35.7. The highest BCUT2D eigenvalue weighted by atomic mass is 16.7. The van der Waals surface area contributed by atoms with E-state index in [0.29, 0.717) is 5.92 Å². The minimum absolute atomic E-state index is 0.0173. The molecule has 2 heterocycles. The van der Waals surface area contributed by atoms with E-state index in [-0.39, 0.29) is 36.4 Å². The van der Waals surface area contributed by atoms with Crippen LogP contribution in [0.25, 0.3) is 0 Å². The fourth-order valence-electron chi connectivity index (χ4n) is 4.34. The Kier molecular flexibility index (Phi) is 7.29. The lowest BCUT2D eigenvalue weighted by Gasteiger charge is -2.46. The van der Waals surface area contributed by atoms with E-state index >= 15 is 0 Å². The van der Waals surface area contributed by atoms with E-state index in [0.717, 1.165) is 32.3 Å². The van der Waals surface area contributed by atoms with Gasteiger partial charge in [-0.3, -0.25) is 0 Å². The third-order valence-electron chi connectivity index (χ3n) is 5.77. The molecule has 2 aliphatic rings. The first-order chi connectivity index (χ1) is 11.4. The molecule has 2 saturated heterocycles. The van der Waals surface area contributed by atoms with Gasteiger partial charge in [0.25, 0.3) is 0 Å². The lowest BCUT2D eigenvalue weighted by atomic mass is 9.84. The monoisotopic (exact) mass is 340 g/mol. The van der Waals surface area contributed by atoms with Crippen molar-refractivity contribution in [2.75, 3.05) is 20.3 Å². The third kappa shape index (κ3) is 4.60. The van der Waals surface area contributed by atoms with Crippen molar-refractivity contribution in [3.63, 3.8) is 0 Å². The van der Waals surface area contributed by atoms with Gasteiger partial charge in [0.15, 0.2) is 5.79 Å². The molecule has 4 heteroatoms. The highest BCUT2D eigenvalue weighted by Gasteiger charge is 2.42. The summed E-state index contributed by atoms with van der Waals surface area (Å²) in [5.74, 6) is 0.498. The van der Waals surface area contributed by atoms with Crippen molar-refractivity contribution in [2.45, 2.75) is 77.8 Å². The van der Waals surface area contributed by atoms with Gasteiger partial charge < -0.3 is 19.3 Å². The fourth-order valence-corrected chi connectivity index (χ4v) is 4.34. The van der Waals surface area contributed by atoms with Gasteiger partial charge in [0.05, 0.1) is 18.8 Å². The van der Waals surface area contributed by atoms with Crippen LogP contribution in [0.15, 0.2) is 11.6 Å². The van der Waals surface area contributed by atoms with Crippen LogP contribution in [0.2, 0.25) is 0 Å². The molecule has 0 bridgehead atoms. The zero-order valence-electron chi connectivity index (χ0n) is 16.1. The molecule has 0 radical (unpaired) electrons. The summed E-state index contributed by atoms with van der Waals surface area (Å²) in [7, 11) is 1.72. The zero-order chi connectivity index (χ0) is 17.7. The van der Waals surface area contributed by atoms with Crippen molar-refractivity contribution in [3.8, 4) is 0 Å². The van der Waals surface area contributed by atoms with E-state index in [1.165, 1.54) is 12.0 Å². The Morgan fingerprint density at radius 3 is 2.67 bits per heavy atom. The maximum atomic E-state index is 9.43. The summed E-state index contributed by atoms with van der Waals surface area (Å²) in [6.07, 6.45) is 7.90. The smallest absolute Gasteiger partial charge is 0.169 e. The van der Waals surface area contributed by atoms with Crippen molar-refractivity contribution in [3.05, 3.63) is 11.6 Å². The molecule has 0 amide bonds. The summed E-state index contributed by atoms with van der Waals surface area (Å²) < 4.78 is 18.2. The molecule has 0 saturated carbocycles. The second kappa shape index (κ2) is 8.79. The number of methoxy groups -OCH3 is 1. The van der Waals surface area contributed by atoms with Crippen molar-refractivity contribution in [1.29, 1.82) is 0 Å². The molecule has 2 fully saturated rings. The van der Waals surface area contributed by atoms with Crippen LogP contribution >= 0.6 is 0 Å². The summed E-state index contributed by atoms with van der Waals surface area (Å²) in [6.45, 7) is 9.58. The lowest BCUT2D eigenvalue weighted by Crippen LogP contribution is -2.48. The first-order valence-electron chi connectivity index (χ1n) is 9.56. The first-order valence-corrected chi connectivity index (χ1v) is 9.56. The van der Waals surface area contributed by atoms with Gasteiger partial charge in [-0.15, -0.1) is 0 Å². The molecule has 0 aliphatic carbocycles. The Morgan fingerprint density at radius 1 is 1.33 bits per heavy atom. The summed E-state index contributed by atoms with van der Waals surface area (Å²) in [5, 5.41) is 9.43. The predicted octanol–water partition coefficient (Wildman–Crippen LogP) is 3.92. The van der Waals surface area contributed by atoms with Gasteiger partial charge in [0.2, 0.25) is 0 Å². The summed E-state index contributed by atoms with van der Waals surface area (Å²) in [4.78, 5) is 0. The van der Waals surface area contributed by atoms with Gasteiger partial charge >= 0.3 is 0 Å². The van der Waals surface area contributed by atoms with Gasteiger partial charge in [-0.05, 0) is 37.7 Å². The van der Waals surface area contributed by atoms with E-state index in [4.69, 9.17) is 14.2 Å². The number of ether oxygens (including phenoxy) is 3. The van der Waals surface area contributed by atoms with Gasteiger partial charge in [0, 0.05) is 38.4 Å². The zero-order valence-corrected chi connectivity index (χ0v) is 16.1. The van der Waals surface area contributed by atoms with Crippen LogP contribution in [0.4, 0.5) is 0 Å². The van der Waals surface area contributed by atoms with E-state index in [1.54, 1.807) is 7.11 Å². The number of rotatable bonds is 6. The van der Waals surface area contributed by atoms with Crippen LogP contribution in [-0.4, -0.2) is 43.4 Å². The van der Waals surface area contributed by atoms with Crippen LogP contribution in [-0.2, 0) is 14.2 Å². The number of hydrogen-bond acceptors (Lipinski definition) is 4. The van der Waals surface area contributed by atoms with E-state index in [9.17, 15) is 5.11 Å². The topological polar surface area (TPSA) is 47.9 Å². The molecule has 140 valence electrons. The molecule has 2 aliphatic heterocycles. The largest absolute Gasteiger partial charge is 0.396 e. The van der Waals surface area contributed by atoms with Crippen LogP contribution < -0.4 is 0 Å². The summed E-state index contributed by atoms with van der Waals surface area (Å²) >= 11 is 0. The van der Waals surface area contributed by atoms with Crippen LogP contribution in [0.3, 0.4) is 0 Å². The second-order valence-electron chi connectivity index (χ2n) is 7.90. The van der Waals surface area contributed by atoms with Crippen molar-refractivity contribution in [1.82, 2.24) is 0 Å². The molecule has 0 aromatic rings. The summed E-state index contributed by atoms with van der Waals surface area (Å²) in [6, 6.07) is 0. The maximum absolute atomic E-state index is 9.43. The molecule has 4 nitrogen and oxygen atoms in total. The van der Waals surface area contributed by atoms with Crippen molar-refractivity contribution in [2.24, 2.45) is 17.8 Å². The number of aliphatic hydroxyl groups is 1. The van der Waals surface area contributed by atoms with E-state index in [1.807, 2.05) is 6.92 Å². The molecular weight excluding hydrogens is 304 g/mol. The van der Waals surface area contributed by atoms with Crippen LogP contribution in [0.5, 0.6) is 0 Å². The van der Waals surface area contributed by atoms with Crippen LogP contribution in [0.1, 0.15) is 59.8 Å². The molecular formula is C20H36O4. The lowest BCUT2D eigenvalue weighted by molar-refractivity contribution is -0.297. The average Bonchev–Trinajstić information content (AvgIpc) is 2.58. The van der Waals surface area contributed by atoms with Gasteiger partial charge in [-0.2, -0.15) is 0 Å². The average molecular weight is 341 g/mol. The van der Waals surface area contributed by atoms with Crippen molar-refractivity contribution < 1.29 is 19.3 Å². The van der Waals surface area contributed by atoms with Gasteiger partial charge in [0.1, 0.15) is 0 Å². The Morgan fingerprint density at radius 2 is 2.08 bits per heavy atom. The Balaban J connectivity index is 2.09. The fraction of sp³-hybridized carbons (Fsp3) is 0.900. The van der Waals surface area contributed by atoms with Crippen LogP contribution in [0, 0.1) is 17.8 Å². The standard InChI is InChI=1S/C20H36O4/c1-14-8-10-20(9-6-7-11-23-20)24-19(14)16(3)12-15(2)18(22-5)17(4)13-21/h12,14-15,17-19,21H,6-11,13H2,1-5H3/b16-12+. The Labute approximate surface area is 147 Å². The SMILES string of the molecule is COC(C(C)/C=C(\C)C1OC2(CCCCO2)CCC1C)C(C)CO.